The molecule has 1 aliphatic rings. The lowest BCUT2D eigenvalue weighted by atomic mass is 9.90. The zero-order valence-electron chi connectivity index (χ0n) is 11.7. The Balaban J connectivity index is 1.92. The van der Waals surface area contributed by atoms with Crippen LogP contribution < -0.4 is 10.6 Å². The SMILES string of the molecule is CCC1CCNC(C(=O)NC(CC)c2nccs2)C1. The van der Waals surface area contributed by atoms with Crippen molar-refractivity contribution in [1.29, 1.82) is 0 Å². The quantitative estimate of drug-likeness (QED) is 0.872. The fourth-order valence-corrected chi connectivity index (χ4v) is 3.36. The zero-order valence-corrected chi connectivity index (χ0v) is 12.5. The number of hydrogen-bond acceptors (Lipinski definition) is 4. The highest BCUT2D eigenvalue weighted by atomic mass is 32.1. The Kier molecular flexibility index (Phi) is 5.34. The number of piperidine rings is 1. The monoisotopic (exact) mass is 281 g/mol. The van der Waals surface area contributed by atoms with Crippen molar-refractivity contribution in [1.82, 2.24) is 15.6 Å². The molecule has 0 spiro atoms. The van der Waals surface area contributed by atoms with Crippen molar-refractivity contribution in [3.05, 3.63) is 16.6 Å². The van der Waals surface area contributed by atoms with Gasteiger partial charge in [-0.2, -0.15) is 0 Å². The first kappa shape index (κ1) is 14.5. The maximum absolute atomic E-state index is 12.3. The lowest BCUT2D eigenvalue weighted by molar-refractivity contribution is -0.124. The van der Waals surface area contributed by atoms with Gasteiger partial charge in [0.1, 0.15) is 5.01 Å². The van der Waals surface area contributed by atoms with E-state index in [4.69, 9.17) is 0 Å². The second-order valence-electron chi connectivity index (χ2n) is 5.15. The Morgan fingerprint density at radius 1 is 1.63 bits per heavy atom. The molecule has 1 amide bonds. The summed E-state index contributed by atoms with van der Waals surface area (Å²) in [5.41, 5.74) is 0. The molecular weight excluding hydrogens is 258 g/mol. The molecule has 0 bridgehead atoms. The van der Waals surface area contributed by atoms with E-state index in [9.17, 15) is 4.79 Å². The predicted molar refractivity (Wildman–Crippen MR) is 78.1 cm³/mol. The van der Waals surface area contributed by atoms with Gasteiger partial charge in [-0.1, -0.05) is 20.3 Å². The summed E-state index contributed by atoms with van der Waals surface area (Å²) in [7, 11) is 0. The molecule has 3 atom stereocenters. The fraction of sp³-hybridized carbons (Fsp3) is 0.714. The van der Waals surface area contributed by atoms with Crippen molar-refractivity contribution in [3.8, 4) is 0 Å². The van der Waals surface area contributed by atoms with Crippen LogP contribution in [0.1, 0.15) is 50.6 Å². The van der Waals surface area contributed by atoms with Crippen LogP contribution in [0.15, 0.2) is 11.6 Å². The van der Waals surface area contributed by atoms with E-state index in [1.165, 1.54) is 6.42 Å². The van der Waals surface area contributed by atoms with E-state index in [1.54, 1.807) is 17.5 Å². The molecule has 1 fully saturated rings. The number of hydrogen-bond donors (Lipinski definition) is 2. The standard InChI is InChI=1S/C14H23N3OS/c1-3-10-5-6-15-12(9-10)13(18)17-11(4-2)14-16-7-8-19-14/h7-8,10-12,15H,3-6,9H2,1-2H3,(H,17,18). The lowest BCUT2D eigenvalue weighted by Crippen LogP contribution is -2.49. The third kappa shape index (κ3) is 3.76. The average molecular weight is 281 g/mol. The van der Waals surface area contributed by atoms with Gasteiger partial charge in [0.2, 0.25) is 5.91 Å². The molecular formula is C14H23N3OS. The largest absolute Gasteiger partial charge is 0.346 e. The van der Waals surface area contributed by atoms with E-state index < -0.39 is 0 Å². The zero-order chi connectivity index (χ0) is 13.7. The smallest absolute Gasteiger partial charge is 0.237 e. The summed E-state index contributed by atoms with van der Waals surface area (Å²) in [6.07, 6.45) is 5.97. The van der Waals surface area contributed by atoms with Gasteiger partial charge in [0.05, 0.1) is 12.1 Å². The van der Waals surface area contributed by atoms with E-state index in [0.717, 1.165) is 30.8 Å². The van der Waals surface area contributed by atoms with Gasteiger partial charge < -0.3 is 10.6 Å². The topological polar surface area (TPSA) is 54.0 Å². The molecule has 3 unspecified atom stereocenters. The molecule has 1 aromatic rings. The van der Waals surface area contributed by atoms with Gasteiger partial charge in [-0.25, -0.2) is 4.98 Å². The minimum Gasteiger partial charge on any atom is -0.346 e. The third-order valence-electron chi connectivity index (χ3n) is 3.88. The van der Waals surface area contributed by atoms with E-state index >= 15 is 0 Å². The molecule has 2 rings (SSSR count). The minimum atomic E-state index is -0.0345. The van der Waals surface area contributed by atoms with Gasteiger partial charge in [-0.15, -0.1) is 11.3 Å². The predicted octanol–water partition coefficient (Wildman–Crippen LogP) is 2.49. The molecule has 0 saturated carbocycles. The van der Waals surface area contributed by atoms with Gasteiger partial charge in [-0.05, 0) is 31.7 Å². The summed E-state index contributed by atoms with van der Waals surface area (Å²) in [6, 6.07) is 0.0176. The molecule has 19 heavy (non-hydrogen) atoms. The van der Waals surface area contributed by atoms with Crippen molar-refractivity contribution in [2.45, 2.75) is 51.6 Å². The third-order valence-corrected chi connectivity index (χ3v) is 4.77. The number of nitrogens with zero attached hydrogens (tertiary/aromatic N) is 1. The molecule has 1 aliphatic heterocycles. The van der Waals surface area contributed by atoms with Crippen LogP contribution >= 0.6 is 11.3 Å². The minimum absolute atomic E-state index is 0.0345. The molecule has 0 radical (unpaired) electrons. The number of rotatable bonds is 5. The first-order chi connectivity index (χ1) is 9.24. The Morgan fingerprint density at radius 2 is 2.47 bits per heavy atom. The molecule has 1 aromatic heterocycles. The molecule has 4 nitrogen and oxygen atoms in total. The summed E-state index contributed by atoms with van der Waals surface area (Å²) in [6.45, 7) is 5.23. The number of carbonyl (C=O) groups is 1. The van der Waals surface area contributed by atoms with Crippen LogP contribution in [0.25, 0.3) is 0 Å². The van der Waals surface area contributed by atoms with Crippen LogP contribution in [-0.4, -0.2) is 23.5 Å². The molecule has 2 heterocycles. The van der Waals surface area contributed by atoms with Crippen molar-refractivity contribution in [2.24, 2.45) is 5.92 Å². The highest BCUT2D eigenvalue weighted by Gasteiger charge is 2.27. The van der Waals surface area contributed by atoms with Crippen molar-refractivity contribution in [2.75, 3.05) is 6.54 Å². The lowest BCUT2D eigenvalue weighted by Gasteiger charge is -2.30. The number of thiazole rings is 1. The first-order valence-electron chi connectivity index (χ1n) is 7.17. The Labute approximate surface area is 119 Å². The Bertz CT molecular complexity index is 393. The van der Waals surface area contributed by atoms with Crippen LogP contribution in [0.2, 0.25) is 0 Å². The molecule has 0 aliphatic carbocycles. The van der Waals surface area contributed by atoms with Gasteiger partial charge in [0, 0.05) is 11.6 Å². The Hall–Kier alpha value is -0.940. The summed E-state index contributed by atoms with van der Waals surface area (Å²) in [5, 5.41) is 9.41. The molecule has 0 aromatic carbocycles. The van der Waals surface area contributed by atoms with Crippen LogP contribution in [0.4, 0.5) is 0 Å². The van der Waals surface area contributed by atoms with Crippen molar-refractivity contribution in [3.63, 3.8) is 0 Å². The number of amides is 1. The normalized spacial score (nSPS) is 24.9. The van der Waals surface area contributed by atoms with Crippen molar-refractivity contribution < 1.29 is 4.79 Å². The number of nitrogens with one attached hydrogen (secondary N) is 2. The van der Waals surface area contributed by atoms with Crippen LogP contribution in [0.3, 0.4) is 0 Å². The van der Waals surface area contributed by atoms with Crippen LogP contribution in [0, 0.1) is 5.92 Å². The van der Waals surface area contributed by atoms with Crippen LogP contribution in [0.5, 0.6) is 0 Å². The van der Waals surface area contributed by atoms with Crippen LogP contribution in [-0.2, 0) is 4.79 Å². The summed E-state index contributed by atoms with van der Waals surface area (Å²) in [5.74, 6) is 0.803. The molecule has 106 valence electrons. The number of carbonyl (C=O) groups excluding carboxylic acids is 1. The van der Waals surface area contributed by atoms with E-state index in [-0.39, 0.29) is 18.0 Å². The average Bonchev–Trinajstić information content (AvgIpc) is 2.98. The first-order valence-corrected chi connectivity index (χ1v) is 8.05. The maximum Gasteiger partial charge on any atom is 0.237 e. The molecule has 2 N–H and O–H groups in total. The maximum atomic E-state index is 12.3. The summed E-state index contributed by atoms with van der Waals surface area (Å²) in [4.78, 5) is 16.6. The fourth-order valence-electron chi connectivity index (χ4n) is 2.58. The van der Waals surface area contributed by atoms with E-state index in [1.807, 2.05) is 5.38 Å². The van der Waals surface area contributed by atoms with Gasteiger partial charge in [-0.3, -0.25) is 4.79 Å². The van der Waals surface area contributed by atoms with E-state index in [2.05, 4.69) is 29.5 Å². The second-order valence-corrected chi connectivity index (χ2v) is 6.07. The Morgan fingerprint density at radius 3 is 3.11 bits per heavy atom. The highest BCUT2D eigenvalue weighted by molar-refractivity contribution is 7.09. The van der Waals surface area contributed by atoms with Gasteiger partial charge >= 0.3 is 0 Å². The van der Waals surface area contributed by atoms with Gasteiger partial charge in [0.15, 0.2) is 0 Å². The molecule has 5 heteroatoms. The molecule has 1 saturated heterocycles. The summed E-state index contributed by atoms with van der Waals surface area (Å²) >= 11 is 1.60. The second kappa shape index (κ2) is 7.01. The summed E-state index contributed by atoms with van der Waals surface area (Å²) < 4.78 is 0. The van der Waals surface area contributed by atoms with Crippen molar-refractivity contribution >= 4 is 17.2 Å². The highest BCUT2D eigenvalue weighted by Crippen LogP contribution is 2.22. The van der Waals surface area contributed by atoms with Gasteiger partial charge in [0.25, 0.3) is 0 Å². The number of aromatic nitrogens is 1. The van der Waals surface area contributed by atoms with E-state index in [0.29, 0.717) is 5.92 Å².